The Balaban J connectivity index is 1.41. The Morgan fingerprint density at radius 1 is 1.12 bits per heavy atom. The summed E-state index contributed by atoms with van der Waals surface area (Å²) >= 11 is 0. The quantitative estimate of drug-likeness (QED) is 0.548. The van der Waals surface area contributed by atoms with Gasteiger partial charge in [-0.3, -0.25) is 14.9 Å². The minimum Gasteiger partial charge on any atom is -0.292 e. The number of aromatic nitrogens is 6. The van der Waals surface area contributed by atoms with Crippen LogP contribution in [0.25, 0.3) is 10.9 Å². The molecule has 7 heteroatoms. The first kappa shape index (κ1) is 15.2. The number of nitrogens with zero attached hydrogens (tertiary/aromatic N) is 5. The molecule has 0 spiro atoms. The number of ketones is 1. The summed E-state index contributed by atoms with van der Waals surface area (Å²) in [6.07, 6.45) is 6.26. The molecule has 3 aromatic heterocycles. The Hall–Kier alpha value is -3.35. The molecule has 4 aromatic rings. The number of hydrogen-bond acceptors (Lipinski definition) is 5. The third-order valence-corrected chi connectivity index (χ3v) is 4.02. The number of rotatable bonds is 6. The lowest BCUT2D eigenvalue weighted by Gasteiger charge is -1.99. The van der Waals surface area contributed by atoms with E-state index < -0.39 is 0 Å². The molecule has 1 N–H and O–H groups in total. The van der Waals surface area contributed by atoms with Crippen molar-refractivity contribution in [3.8, 4) is 0 Å². The molecule has 3 heterocycles. The molecule has 0 aliphatic heterocycles. The van der Waals surface area contributed by atoms with Gasteiger partial charge in [0.25, 0.3) is 0 Å². The minimum absolute atomic E-state index is 0.00105. The van der Waals surface area contributed by atoms with Crippen molar-refractivity contribution in [1.29, 1.82) is 0 Å². The number of aryl methyl sites for hydroxylation is 1. The largest absolute Gasteiger partial charge is 0.292 e. The highest BCUT2D eigenvalue weighted by molar-refractivity contribution is 6.05. The van der Waals surface area contributed by atoms with Gasteiger partial charge in [-0.15, -0.1) is 5.10 Å². The lowest BCUT2D eigenvalue weighted by molar-refractivity contribution is 0.0979. The SMILES string of the molecule is O=C(CCc1cn(Cc2ccncc2)nn1)c1n[nH]c2ccccc12. The third kappa shape index (κ3) is 3.30. The second-order valence-corrected chi connectivity index (χ2v) is 5.80. The normalized spacial score (nSPS) is 11.0. The van der Waals surface area contributed by atoms with Crippen LogP contribution >= 0.6 is 0 Å². The zero-order chi connectivity index (χ0) is 17.1. The Morgan fingerprint density at radius 3 is 2.84 bits per heavy atom. The van der Waals surface area contributed by atoms with E-state index in [1.165, 1.54) is 0 Å². The van der Waals surface area contributed by atoms with Crippen LogP contribution in [0.1, 0.15) is 28.2 Å². The first-order chi connectivity index (χ1) is 12.3. The first-order valence-electron chi connectivity index (χ1n) is 8.04. The number of carbonyl (C=O) groups excluding carboxylic acids is 1. The topological polar surface area (TPSA) is 89.3 Å². The fourth-order valence-corrected chi connectivity index (χ4v) is 2.74. The summed E-state index contributed by atoms with van der Waals surface area (Å²) in [5, 5.41) is 16.2. The molecule has 0 bridgehead atoms. The summed E-state index contributed by atoms with van der Waals surface area (Å²) in [6.45, 7) is 0.632. The zero-order valence-electron chi connectivity index (χ0n) is 13.5. The van der Waals surface area contributed by atoms with E-state index >= 15 is 0 Å². The number of para-hydroxylation sites is 1. The average Bonchev–Trinajstić information content (AvgIpc) is 3.27. The lowest BCUT2D eigenvalue weighted by Crippen LogP contribution is -2.02. The van der Waals surface area contributed by atoms with Gasteiger partial charge in [0.05, 0.1) is 17.8 Å². The molecular weight excluding hydrogens is 316 g/mol. The minimum atomic E-state index is 0.00105. The summed E-state index contributed by atoms with van der Waals surface area (Å²) in [5.41, 5.74) is 3.25. The molecule has 25 heavy (non-hydrogen) atoms. The van der Waals surface area contributed by atoms with Crippen molar-refractivity contribution in [2.75, 3.05) is 0 Å². The standard InChI is InChI=1S/C18H16N6O/c25-17(18-15-3-1-2-4-16(15)21-22-18)6-5-14-12-24(23-20-14)11-13-7-9-19-10-8-13/h1-4,7-10,12H,5-6,11H2,(H,21,22). The molecule has 0 amide bonds. The highest BCUT2D eigenvalue weighted by Crippen LogP contribution is 2.17. The van der Waals surface area contributed by atoms with Crippen LogP contribution in [-0.4, -0.2) is 36.0 Å². The molecule has 0 aliphatic carbocycles. The molecule has 0 aliphatic rings. The molecule has 0 saturated heterocycles. The molecule has 0 unspecified atom stereocenters. The van der Waals surface area contributed by atoms with Crippen molar-refractivity contribution in [2.24, 2.45) is 0 Å². The fourth-order valence-electron chi connectivity index (χ4n) is 2.74. The molecule has 7 nitrogen and oxygen atoms in total. The lowest BCUT2D eigenvalue weighted by atomic mass is 10.1. The number of carbonyl (C=O) groups is 1. The highest BCUT2D eigenvalue weighted by Gasteiger charge is 2.14. The van der Waals surface area contributed by atoms with Crippen molar-refractivity contribution in [3.63, 3.8) is 0 Å². The van der Waals surface area contributed by atoms with E-state index in [1.807, 2.05) is 42.6 Å². The monoisotopic (exact) mass is 332 g/mol. The van der Waals surface area contributed by atoms with Gasteiger partial charge in [0, 0.05) is 36.8 Å². The van der Waals surface area contributed by atoms with Crippen LogP contribution in [0.3, 0.4) is 0 Å². The van der Waals surface area contributed by atoms with E-state index in [0.717, 1.165) is 22.2 Å². The second-order valence-electron chi connectivity index (χ2n) is 5.80. The van der Waals surface area contributed by atoms with Gasteiger partial charge < -0.3 is 0 Å². The smallest absolute Gasteiger partial charge is 0.184 e. The fraction of sp³-hybridized carbons (Fsp3) is 0.167. The van der Waals surface area contributed by atoms with Crippen molar-refractivity contribution in [1.82, 2.24) is 30.2 Å². The van der Waals surface area contributed by atoms with Gasteiger partial charge >= 0.3 is 0 Å². The molecule has 124 valence electrons. The Bertz CT molecular complexity index is 1000. The molecule has 1 aromatic carbocycles. The van der Waals surface area contributed by atoms with Crippen LogP contribution in [0.15, 0.2) is 55.0 Å². The van der Waals surface area contributed by atoms with Crippen LogP contribution in [0, 0.1) is 0 Å². The van der Waals surface area contributed by atoms with Crippen LogP contribution in [0.5, 0.6) is 0 Å². The van der Waals surface area contributed by atoms with Crippen molar-refractivity contribution < 1.29 is 4.79 Å². The molecule has 0 radical (unpaired) electrons. The molecule has 0 fully saturated rings. The Morgan fingerprint density at radius 2 is 1.96 bits per heavy atom. The number of H-pyrrole nitrogens is 1. The van der Waals surface area contributed by atoms with Crippen LogP contribution in [-0.2, 0) is 13.0 Å². The number of Topliss-reactive ketones (excluding diaryl/α,β-unsaturated/α-hetero) is 1. The molecule has 0 saturated carbocycles. The highest BCUT2D eigenvalue weighted by atomic mass is 16.1. The average molecular weight is 332 g/mol. The summed E-state index contributed by atoms with van der Waals surface area (Å²) < 4.78 is 1.76. The number of nitrogens with one attached hydrogen (secondary N) is 1. The van der Waals surface area contributed by atoms with Gasteiger partial charge in [0.2, 0.25) is 0 Å². The van der Waals surface area contributed by atoms with E-state index in [-0.39, 0.29) is 5.78 Å². The van der Waals surface area contributed by atoms with E-state index in [0.29, 0.717) is 25.1 Å². The van der Waals surface area contributed by atoms with Gasteiger partial charge in [-0.25, -0.2) is 4.68 Å². The van der Waals surface area contributed by atoms with Crippen LogP contribution < -0.4 is 0 Å². The first-order valence-corrected chi connectivity index (χ1v) is 8.04. The number of fused-ring (bicyclic) bond motifs is 1. The maximum absolute atomic E-state index is 12.4. The van der Waals surface area contributed by atoms with Crippen molar-refractivity contribution in [3.05, 3.63) is 71.9 Å². The summed E-state index contributed by atoms with van der Waals surface area (Å²) in [4.78, 5) is 16.4. The van der Waals surface area contributed by atoms with Gasteiger partial charge in [-0.1, -0.05) is 23.4 Å². The molecule has 4 rings (SSSR count). The van der Waals surface area contributed by atoms with Crippen molar-refractivity contribution >= 4 is 16.7 Å². The van der Waals surface area contributed by atoms with Gasteiger partial charge in [0.15, 0.2) is 5.78 Å². The number of benzene rings is 1. The number of pyridine rings is 1. The summed E-state index contributed by atoms with van der Waals surface area (Å²) in [5.74, 6) is 0.00105. The third-order valence-electron chi connectivity index (χ3n) is 4.02. The van der Waals surface area contributed by atoms with E-state index in [1.54, 1.807) is 17.1 Å². The summed E-state index contributed by atoms with van der Waals surface area (Å²) in [6, 6.07) is 11.5. The second kappa shape index (κ2) is 6.64. The maximum Gasteiger partial charge on any atom is 0.184 e. The number of hydrogen-bond donors (Lipinski definition) is 1. The predicted octanol–water partition coefficient (Wildman–Crippen LogP) is 2.41. The Labute approximate surface area is 143 Å². The number of aromatic amines is 1. The van der Waals surface area contributed by atoms with Crippen molar-refractivity contribution in [2.45, 2.75) is 19.4 Å². The van der Waals surface area contributed by atoms with Gasteiger partial charge in [-0.2, -0.15) is 5.10 Å². The van der Waals surface area contributed by atoms with Gasteiger partial charge in [0.1, 0.15) is 5.69 Å². The van der Waals surface area contributed by atoms with Crippen LogP contribution in [0.4, 0.5) is 0 Å². The van der Waals surface area contributed by atoms with E-state index in [9.17, 15) is 4.79 Å². The van der Waals surface area contributed by atoms with E-state index in [4.69, 9.17) is 0 Å². The van der Waals surface area contributed by atoms with E-state index in [2.05, 4.69) is 25.5 Å². The Kier molecular flexibility index (Phi) is 4.04. The predicted molar refractivity (Wildman–Crippen MR) is 92.1 cm³/mol. The molecular formula is C18H16N6O. The van der Waals surface area contributed by atoms with Crippen LogP contribution in [0.2, 0.25) is 0 Å². The summed E-state index contributed by atoms with van der Waals surface area (Å²) in [7, 11) is 0. The maximum atomic E-state index is 12.4. The van der Waals surface area contributed by atoms with Gasteiger partial charge in [-0.05, 0) is 23.8 Å². The molecule has 0 atom stereocenters. The zero-order valence-corrected chi connectivity index (χ0v) is 13.5.